The summed E-state index contributed by atoms with van der Waals surface area (Å²) in [7, 11) is 0. The fraction of sp³-hybridized carbons (Fsp3) is 0.615. The molecule has 0 aliphatic carbocycles. The third-order valence-corrected chi connectivity index (χ3v) is 4.72. The molecule has 1 amide bonds. The zero-order valence-corrected chi connectivity index (χ0v) is 11.5. The van der Waals surface area contributed by atoms with Crippen LogP contribution in [0.4, 0.5) is 0 Å². The molecule has 0 radical (unpaired) electrons. The van der Waals surface area contributed by atoms with E-state index in [-0.39, 0.29) is 10.7 Å². The Labute approximate surface area is 112 Å². The zero-order chi connectivity index (χ0) is 12.8. The van der Waals surface area contributed by atoms with Crippen LogP contribution in [0.5, 0.6) is 0 Å². The number of aromatic nitrogens is 1. The molecule has 0 unspecified atom stereocenters. The molecule has 0 spiro atoms. The summed E-state index contributed by atoms with van der Waals surface area (Å²) < 4.78 is 5.57. The van der Waals surface area contributed by atoms with Crippen molar-refractivity contribution in [1.29, 1.82) is 0 Å². The van der Waals surface area contributed by atoms with E-state index in [0.29, 0.717) is 12.2 Å². The average molecular weight is 268 g/mol. The van der Waals surface area contributed by atoms with Gasteiger partial charge in [-0.3, -0.25) is 4.79 Å². The van der Waals surface area contributed by atoms with Gasteiger partial charge in [-0.2, -0.15) is 11.8 Å². The van der Waals surface area contributed by atoms with E-state index < -0.39 is 0 Å². The molecule has 0 atom stereocenters. The van der Waals surface area contributed by atoms with Crippen molar-refractivity contribution in [1.82, 2.24) is 10.3 Å². The number of carbonyl (C=O) groups excluding carboxylic acids is 1. The lowest BCUT2D eigenvalue weighted by Gasteiger charge is -2.36. The lowest BCUT2D eigenvalue weighted by molar-refractivity contribution is 0.0740. The Balaban J connectivity index is 1.91. The van der Waals surface area contributed by atoms with Crippen molar-refractivity contribution in [2.75, 3.05) is 25.5 Å². The molecular formula is C13H20N2O2S. The standard InChI is InChI=1S/C13H20N2O2S/c1-2-18-13(5-8-17-9-6-13)10-15-12(16)11-4-3-7-14-11/h3-4,7,14H,2,5-6,8-10H2,1H3,(H,15,16). The maximum absolute atomic E-state index is 11.9. The van der Waals surface area contributed by atoms with Crippen molar-refractivity contribution >= 4 is 17.7 Å². The third-order valence-electron chi connectivity index (χ3n) is 3.27. The van der Waals surface area contributed by atoms with Crippen molar-refractivity contribution in [3.8, 4) is 0 Å². The molecule has 5 heteroatoms. The van der Waals surface area contributed by atoms with Crippen LogP contribution in [0.2, 0.25) is 0 Å². The van der Waals surface area contributed by atoms with E-state index in [4.69, 9.17) is 4.74 Å². The number of H-pyrrole nitrogens is 1. The molecule has 2 rings (SSSR count). The molecule has 2 heterocycles. The number of aromatic amines is 1. The van der Waals surface area contributed by atoms with Gasteiger partial charge in [0.2, 0.25) is 0 Å². The minimum absolute atomic E-state index is 0.0254. The smallest absolute Gasteiger partial charge is 0.267 e. The Morgan fingerprint density at radius 1 is 1.56 bits per heavy atom. The lowest BCUT2D eigenvalue weighted by atomic mass is 9.99. The molecule has 0 saturated carbocycles. The molecule has 1 aliphatic rings. The van der Waals surface area contributed by atoms with Crippen LogP contribution in [0.25, 0.3) is 0 Å². The summed E-state index contributed by atoms with van der Waals surface area (Å²) in [5.74, 6) is 1.04. The van der Waals surface area contributed by atoms with Gasteiger partial charge in [-0.25, -0.2) is 0 Å². The summed E-state index contributed by atoms with van der Waals surface area (Å²) >= 11 is 1.93. The van der Waals surface area contributed by atoms with Crippen LogP contribution in [-0.2, 0) is 4.74 Å². The van der Waals surface area contributed by atoms with Gasteiger partial charge in [0, 0.05) is 30.7 Å². The van der Waals surface area contributed by atoms with Crippen molar-refractivity contribution in [2.45, 2.75) is 24.5 Å². The first-order chi connectivity index (χ1) is 8.76. The number of rotatable bonds is 5. The molecule has 1 aromatic rings. The highest BCUT2D eigenvalue weighted by Crippen LogP contribution is 2.34. The molecule has 1 fully saturated rings. The number of amides is 1. The maximum atomic E-state index is 11.9. The Morgan fingerprint density at radius 2 is 2.33 bits per heavy atom. The maximum Gasteiger partial charge on any atom is 0.267 e. The molecule has 2 N–H and O–H groups in total. The van der Waals surface area contributed by atoms with Gasteiger partial charge < -0.3 is 15.0 Å². The summed E-state index contributed by atoms with van der Waals surface area (Å²) in [5, 5.41) is 3.03. The van der Waals surface area contributed by atoms with Crippen molar-refractivity contribution in [2.24, 2.45) is 0 Å². The molecule has 0 aromatic carbocycles. The van der Waals surface area contributed by atoms with E-state index >= 15 is 0 Å². The summed E-state index contributed by atoms with van der Waals surface area (Å²) in [5.41, 5.74) is 0.624. The number of thioether (sulfide) groups is 1. The van der Waals surface area contributed by atoms with Gasteiger partial charge in [-0.15, -0.1) is 0 Å². The van der Waals surface area contributed by atoms with Crippen LogP contribution in [0, 0.1) is 0 Å². The van der Waals surface area contributed by atoms with E-state index in [1.165, 1.54) is 0 Å². The van der Waals surface area contributed by atoms with Crippen LogP contribution >= 0.6 is 11.8 Å². The van der Waals surface area contributed by atoms with Crippen LogP contribution in [0.1, 0.15) is 30.3 Å². The Hall–Kier alpha value is -0.940. The van der Waals surface area contributed by atoms with Gasteiger partial charge in [0.1, 0.15) is 5.69 Å². The number of hydrogen-bond acceptors (Lipinski definition) is 3. The predicted octanol–water partition coefficient (Wildman–Crippen LogP) is 2.05. The molecule has 0 bridgehead atoms. The SMILES string of the molecule is CCSC1(CNC(=O)c2ccc[nH]2)CCOCC1. The fourth-order valence-corrected chi connectivity index (χ4v) is 3.47. The minimum atomic E-state index is -0.0254. The first kappa shape index (κ1) is 13.5. The van der Waals surface area contributed by atoms with E-state index in [2.05, 4.69) is 17.2 Å². The van der Waals surface area contributed by atoms with Crippen LogP contribution in [0.15, 0.2) is 18.3 Å². The van der Waals surface area contributed by atoms with Gasteiger partial charge in [0.25, 0.3) is 5.91 Å². The van der Waals surface area contributed by atoms with Crippen LogP contribution in [0.3, 0.4) is 0 Å². The molecule has 1 aromatic heterocycles. The van der Waals surface area contributed by atoms with E-state index in [1.54, 1.807) is 12.3 Å². The normalized spacial score (nSPS) is 18.5. The molecular weight excluding hydrogens is 248 g/mol. The molecule has 1 aliphatic heterocycles. The quantitative estimate of drug-likeness (QED) is 0.859. The Bertz CT molecular complexity index is 367. The number of carbonyl (C=O) groups is 1. The molecule has 100 valence electrons. The van der Waals surface area contributed by atoms with Crippen LogP contribution < -0.4 is 5.32 Å². The summed E-state index contributed by atoms with van der Waals surface area (Å²) in [6.07, 6.45) is 3.78. The second-order valence-electron chi connectivity index (χ2n) is 4.49. The van der Waals surface area contributed by atoms with E-state index in [0.717, 1.165) is 31.8 Å². The highest BCUT2D eigenvalue weighted by molar-refractivity contribution is 8.00. The topological polar surface area (TPSA) is 54.1 Å². The lowest BCUT2D eigenvalue weighted by Crippen LogP contribution is -2.44. The van der Waals surface area contributed by atoms with Gasteiger partial charge >= 0.3 is 0 Å². The first-order valence-electron chi connectivity index (χ1n) is 6.39. The van der Waals surface area contributed by atoms with Crippen molar-refractivity contribution in [3.05, 3.63) is 24.0 Å². The monoisotopic (exact) mass is 268 g/mol. The summed E-state index contributed by atoms with van der Waals surface area (Å²) in [6.45, 7) is 4.47. The summed E-state index contributed by atoms with van der Waals surface area (Å²) in [4.78, 5) is 14.8. The molecule has 18 heavy (non-hydrogen) atoms. The molecule has 4 nitrogen and oxygen atoms in total. The second-order valence-corrected chi connectivity index (χ2v) is 6.23. The van der Waals surface area contributed by atoms with Gasteiger partial charge in [0.05, 0.1) is 0 Å². The average Bonchev–Trinajstić information content (AvgIpc) is 2.91. The fourth-order valence-electron chi connectivity index (χ4n) is 2.23. The van der Waals surface area contributed by atoms with Gasteiger partial charge in [0.15, 0.2) is 0 Å². The zero-order valence-electron chi connectivity index (χ0n) is 10.7. The number of nitrogens with one attached hydrogen (secondary N) is 2. The summed E-state index contributed by atoms with van der Waals surface area (Å²) in [6, 6.07) is 3.62. The minimum Gasteiger partial charge on any atom is -0.381 e. The molecule has 1 saturated heterocycles. The van der Waals surface area contributed by atoms with Crippen LogP contribution in [-0.4, -0.2) is 41.1 Å². The van der Waals surface area contributed by atoms with Gasteiger partial charge in [-0.05, 0) is 30.7 Å². The van der Waals surface area contributed by atoms with E-state index in [9.17, 15) is 4.79 Å². The highest BCUT2D eigenvalue weighted by atomic mass is 32.2. The second kappa shape index (κ2) is 6.29. The predicted molar refractivity (Wildman–Crippen MR) is 74.0 cm³/mol. The highest BCUT2D eigenvalue weighted by Gasteiger charge is 2.33. The number of ether oxygens (including phenoxy) is 1. The number of hydrogen-bond donors (Lipinski definition) is 2. The van der Waals surface area contributed by atoms with Crippen molar-refractivity contribution in [3.63, 3.8) is 0 Å². The van der Waals surface area contributed by atoms with Crippen molar-refractivity contribution < 1.29 is 9.53 Å². The van der Waals surface area contributed by atoms with E-state index in [1.807, 2.05) is 17.8 Å². The Morgan fingerprint density at radius 3 is 2.94 bits per heavy atom. The van der Waals surface area contributed by atoms with Gasteiger partial charge in [-0.1, -0.05) is 6.92 Å². The Kier molecular flexibility index (Phi) is 4.72. The largest absolute Gasteiger partial charge is 0.381 e. The first-order valence-corrected chi connectivity index (χ1v) is 7.38. The third kappa shape index (κ3) is 3.29.